The van der Waals surface area contributed by atoms with Crippen molar-refractivity contribution in [3.05, 3.63) is 30.3 Å². The third-order valence-electron chi connectivity index (χ3n) is 3.04. The average Bonchev–Trinajstić information content (AvgIpc) is 3.00. The number of likely N-dealkylation sites (N-methyl/N-ethyl adjacent to an activating group) is 2. The molecule has 1 N–H and O–H groups in total. The van der Waals surface area contributed by atoms with Crippen LogP contribution in [0.3, 0.4) is 0 Å². The van der Waals surface area contributed by atoms with E-state index in [4.69, 9.17) is 4.52 Å². The molecule has 0 radical (unpaired) electrons. The van der Waals surface area contributed by atoms with Crippen LogP contribution in [0.2, 0.25) is 0 Å². The number of amides is 1. The molecule has 21 heavy (non-hydrogen) atoms. The molecule has 0 atom stereocenters. The summed E-state index contributed by atoms with van der Waals surface area (Å²) in [6, 6.07) is 5.49. The number of hydrogen-bond donors (Lipinski definition) is 1. The quantitative estimate of drug-likeness (QED) is 0.809. The van der Waals surface area contributed by atoms with Crippen LogP contribution in [0.15, 0.2) is 28.9 Å². The Morgan fingerprint density at radius 1 is 1.43 bits per heavy atom. The second-order valence-corrected chi connectivity index (χ2v) is 4.65. The van der Waals surface area contributed by atoms with Gasteiger partial charge in [-0.15, -0.1) is 0 Å². The van der Waals surface area contributed by atoms with Crippen molar-refractivity contribution in [1.82, 2.24) is 25.3 Å². The minimum absolute atomic E-state index is 0.0582. The zero-order chi connectivity index (χ0) is 15.1. The number of hydrogen-bond acceptors (Lipinski definition) is 6. The molecule has 7 nitrogen and oxygen atoms in total. The highest BCUT2D eigenvalue weighted by Gasteiger charge is 2.13. The molecule has 2 rings (SSSR count). The maximum atomic E-state index is 11.9. The number of pyridine rings is 1. The highest BCUT2D eigenvalue weighted by molar-refractivity contribution is 5.76. The van der Waals surface area contributed by atoms with Crippen LogP contribution in [-0.2, 0) is 11.2 Å². The summed E-state index contributed by atoms with van der Waals surface area (Å²) >= 11 is 0. The predicted octanol–water partition coefficient (Wildman–Crippen LogP) is 0.742. The number of nitrogens with one attached hydrogen (secondary N) is 1. The summed E-state index contributed by atoms with van der Waals surface area (Å²) in [7, 11) is 3.64. The Bertz CT molecular complexity index is 570. The molecule has 7 heteroatoms. The molecule has 0 aromatic carbocycles. The van der Waals surface area contributed by atoms with Crippen molar-refractivity contribution in [2.75, 3.05) is 27.2 Å². The van der Waals surface area contributed by atoms with Gasteiger partial charge in [0.15, 0.2) is 0 Å². The van der Waals surface area contributed by atoms with Crippen LogP contribution in [0.1, 0.15) is 12.3 Å². The zero-order valence-corrected chi connectivity index (χ0v) is 12.2. The lowest BCUT2D eigenvalue weighted by atomic mass is 10.2. The monoisotopic (exact) mass is 289 g/mol. The molecule has 2 aromatic heterocycles. The maximum Gasteiger partial charge on any atom is 0.227 e. The highest BCUT2D eigenvalue weighted by Crippen LogP contribution is 2.12. The smallest absolute Gasteiger partial charge is 0.227 e. The standard InChI is InChI=1S/C14H19N5O2/c1-15-9-10-19(2)13(20)7-6-12-17-14(18-21-12)11-5-3-4-8-16-11/h3-5,8,15H,6-7,9-10H2,1-2H3. The molecule has 112 valence electrons. The van der Waals surface area contributed by atoms with Crippen LogP contribution in [0.5, 0.6) is 0 Å². The Balaban J connectivity index is 1.87. The highest BCUT2D eigenvalue weighted by atomic mass is 16.5. The topological polar surface area (TPSA) is 84.2 Å². The van der Waals surface area contributed by atoms with E-state index in [1.807, 2.05) is 25.2 Å². The number of rotatable bonds is 7. The van der Waals surface area contributed by atoms with Gasteiger partial charge in [-0.3, -0.25) is 9.78 Å². The normalized spacial score (nSPS) is 10.6. The fourth-order valence-corrected chi connectivity index (χ4v) is 1.76. The first-order valence-corrected chi connectivity index (χ1v) is 6.83. The van der Waals surface area contributed by atoms with E-state index in [2.05, 4.69) is 20.4 Å². The van der Waals surface area contributed by atoms with E-state index < -0.39 is 0 Å². The van der Waals surface area contributed by atoms with E-state index >= 15 is 0 Å². The van der Waals surface area contributed by atoms with E-state index in [0.29, 0.717) is 36.8 Å². The first kappa shape index (κ1) is 15.1. The van der Waals surface area contributed by atoms with Gasteiger partial charge in [-0.05, 0) is 19.2 Å². The van der Waals surface area contributed by atoms with E-state index in [-0.39, 0.29) is 5.91 Å². The van der Waals surface area contributed by atoms with Gasteiger partial charge in [-0.25, -0.2) is 0 Å². The summed E-state index contributed by atoms with van der Waals surface area (Å²) in [6.45, 7) is 1.45. The Morgan fingerprint density at radius 3 is 3.00 bits per heavy atom. The third kappa shape index (κ3) is 4.35. The van der Waals surface area contributed by atoms with Gasteiger partial charge in [0, 0.05) is 39.2 Å². The van der Waals surface area contributed by atoms with Gasteiger partial charge in [-0.1, -0.05) is 11.2 Å². The second-order valence-electron chi connectivity index (χ2n) is 4.65. The molecule has 2 heterocycles. The van der Waals surface area contributed by atoms with Crippen LogP contribution in [0.25, 0.3) is 11.5 Å². The van der Waals surface area contributed by atoms with Gasteiger partial charge in [0.1, 0.15) is 5.69 Å². The summed E-state index contributed by atoms with van der Waals surface area (Å²) in [6.07, 6.45) is 2.46. The average molecular weight is 289 g/mol. The molecule has 0 saturated carbocycles. The van der Waals surface area contributed by atoms with Crippen molar-refractivity contribution in [2.45, 2.75) is 12.8 Å². The number of carbonyl (C=O) groups excluding carboxylic acids is 1. The molecule has 0 unspecified atom stereocenters. The van der Waals surface area contributed by atoms with Crippen molar-refractivity contribution in [3.63, 3.8) is 0 Å². The molecule has 2 aromatic rings. The van der Waals surface area contributed by atoms with Crippen LogP contribution >= 0.6 is 0 Å². The summed E-state index contributed by atoms with van der Waals surface area (Å²) < 4.78 is 5.15. The van der Waals surface area contributed by atoms with Gasteiger partial charge in [0.2, 0.25) is 17.6 Å². The van der Waals surface area contributed by atoms with Gasteiger partial charge >= 0.3 is 0 Å². The Hall–Kier alpha value is -2.28. The van der Waals surface area contributed by atoms with E-state index in [9.17, 15) is 4.79 Å². The van der Waals surface area contributed by atoms with Crippen molar-refractivity contribution >= 4 is 5.91 Å². The SMILES string of the molecule is CNCCN(C)C(=O)CCc1nc(-c2ccccn2)no1. The van der Waals surface area contributed by atoms with Crippen molar-refractivity contribution in [1.29, 1.82) is 0 Å². The minimum atomic E-state index is 0.0582. The second kappa shape index (κ2) is 7.49. The fraction of sp³-hybridized carbons (Fsp3) is 0.429. The van der Waals surface area contributed by atoms with Crippen LogP contribution in [-0.4, -0.2) is 53.1 Å². The summed E-state index contributed by atoms with van der Waals surface area (Å²) in [4.78, 5) is 22.0. The fourth-order valence-electron chi connectivity index (χ4n) is 1.76. The number of aromatic nitrogens is 3. The molecule has 0 spiro atoms. The third-order valence-corrected chi connectivity index (χ3v) is 3.04. The molecule has 0 fully saturated rings. The van der Waals surface area contributed by atoms with Crippen molar-refractivity contribution < 1.29 is 9.32 Å². The molecule has 0 aliphatic heterocycles. The Kier molecular flexibility index (Phi) is 5.39. The lowest BCUT2D eigenvalue weighted by Crippen LogP contribution is -2.32. The maximum absolute atomic E-state index is 11.9. The minimum Gasteiger partial charge on any atom is -0.344 e. The molecule has 0 saturated heterocycles. The van der Waals surface area contributed by atoms with E-state index in [0.717, 1.165) is 6.54 Å². The first-order chi connectivity index (χ1) is 10.2. The molecule has 0 aliphatic carbocycles. The zero-order valence-electron chi connectivity index (χ0n) is 12.2. The lowest BCUT2D eigenvalue weighted by Gasteiger charge is -2.16. The Labute approximate surface area is 123 Å². The van der Waals surface area contributed by atoms with Gasteiger partial charge < -0.3 is 14.7 Å². The molecule has 0 aliphatic rings. The lowest BCUT2D eigenvalue weighted by molar-refractivity contribution is -0.129. The van der Waals surface area contributed by atoms with Gasteiger partial charge in [0.05, 0.1) is 0 Å². The summed E-state index contributed by atoms with van der Waals surface area (Å²) in [5, 5.41) is 6.88. The molecular formula is C14H19N5O2. The summed E-state index contributed by atoms with van der Waals surface area (Å²) in [5.41, 5.74) is 0.657. The molecule has 1 amide bonds. The number of aryl methyl sites for hydroxylation is 1. The molecule has 0 bridgehead atoms. The number of carbonyl (C=O) groups is 1. The van der Waals surface area contributed by atoms with E-state index in [1.54, 1.807) is 18.1 Å². The molecular weight excluding hydrogens is 270 g/mol. The van der Waals surface area contributed by atoms with Crippen LogP contribution in [0.4, 0.5) is 0 Å². The van der Waals surface area contributed by atoms with Crippen LogP contribution < -0.4 is 5.32 Å². The van der Waals surface area contributed by atoms with Gasteiger partial charge in [-0.2, -0.15) is 4.98 Å². The first-order valence-electron chi connectivity index (χ1n) is 6.83. The van der Waals surface area contributed by atoms with E-state index in [1.165, 1.54) is 0 Å². The largest absolute Gasteiger partial charge is 0.344 e. The van der Waals surface area contributed by atoms with Crippen molar-refractivity contribution in [3.8, 4) is 11.5 Å². The van der Waals surface area contributed by atoms with Crippen LogP contribution in [0, 0.1) is 0 Å². The van der Waals surface area contributed by atoms with Crippen molar-refractivity contribution in [2.24, 2.45) is 0 Å². The summed E-state index contributed by atoms with van der Waals surface area (Å²) in [5.74, 6) is 0.954. The Morgan fingerprint density at radius 2 is 2.29 bits per heavy atom. The van der Waals surface area contributed by atoms with Gasteiger partial charge in [0.25, 0.3) is 0 Å². The predicted molar refractivity (Wildman–Crippen MR) is 77.4 cm³/mol. The number of nitrogens with zero attached hydrogens (tertiary/aromatic N) is 4.